The Bertz CT molecular complexity index is 576. The van der Waals surface area contributed by atoms with Crippen LogP contribution in [-0.2, 0) is 9.59 Å². The summed E-state index contributed by atoms with van der Waals surface area (Å²) in [5.74, 6) is -0.0264. The molecule has 0 unspecified atom stereocenters. The highest BCUT2D eigenvalue weighted by Crippen LogP contribution is 2.47. The molecule has 0 bridgehead atoms. The van der Waals surface area contributed by atoms with Gasteiger partial charge in [0.2, 0.25) is 11.8 Å². The van der Waals surface area contributed by atoms with Crippen LogP contribution in [0.5, 0.6) is 0 Å². The van der Waals surface area contributed by atoms with Crippen molar-refractivity contribution in [3.63, 3.8) is 0 Å². The quantitative estimate of drug-likeness (QED) is 0.728. The lowest BCUT2D eigenvalue weighted by Crippen LogP contribution is -2.37. The highest BCUT2D eigenvalue weighted by atomic mass is 79.9. The van der Waals surface area contributed by atoms with Gasteiger partial charge in [0.05, 0.1) is 11.1 Å². The van der Waals surface area contributed by atoms with Gasteiger partial charge < -0.3 is 0 Å². The van der Waals surface area contributed by atoms with E-state index in [-0.39, 0.29) is 11.8 Å². The first-order valence-electron chi connectivity index (χ1n) is 7.18. The Kier molecular flexibility index (Phi) is 3.44. The minimum Gasteiger partial charge on any atom is -0.274 e. The molecule has 1 aliphatic heterocycles. The molecule has 0 aromatic heterocycles. The van der Waals surface area contributed by atoms with E-state index in [2.05, 4.69) is 15.9 Å². The van der Waals surface area contributed by atoms with Gasteiger partial charge in [-0.1, -0.05) is 41.3 Å². The molecule has 2 fully saturated rings. The largest absolute Gasteiger partial charge is 0.274 e. The van der Waals surface area contributed by atoms with Gasteiger partial charge in [0, 0.05) is 10.9 Å². The topological polar surface area (TPSA) is 37.4 Å². The second-order valence-electron chi connectivity index (χ2n) is 5.94. The standard InChI is InChI=1S/C16H18BrNO2/c1-11-12(17)6-5-7-13(11)18-14(19)10-16(15(18)20)8-3-2-4-9-16/h5-7H,2-4,8-10H2,1H3. The molecule has 4 heteroatoms. The number of rotatable bonds is 1. The van der Waals surface area contributed by atoms with E-state index in [1.54, 1.807) is 0 Å². The zero-order valence-electron chi connectivity index (χ0n) is 11.6. The van der Waals surface area contributed by atoms with Crippen LogP contribution in [-0.4, -0.2) is 11.8 Å². The number of anilines is 1. The lowest BCUT2D eigenvalue weighted by atomic mass is 9.73. The average molecular weight is 336 g/mol. The molecule has 1 heterocycles. The van der Waals surface area contributed by atoms with Gasteiger partial charge >= 0.3 is 0 Å². The highest BCUT2D eigenvalue weighted by molar-refractivity contribution is 9.10. The van der Waals surface area contributed by atoms with Gasteiger partial charge in [-0.05, 0) is 37.5 Å². The van der Waals surface area contributed by atoms with E-state index in [0.717, 1.165) is 41.4 Å². The van der Waals surface area contributed by atoms with E-state index < -0.39 is 5.41 Å². The first kappa shape index (κ1) is 13.8. The Hall–Kier alpha value is -1.16. The predicted octanol–water partition coefficient (Wildman–Crippen LogP) is 3.97. The van der Waals surface area contributed by atoms with Crippen molar-refractivity contribution in [3.8, 4) is 0 Å². The third-order valence-corrected chi connectivity index (χ3v) is 5.55. The summed E-state index contributed by atoms with van der Waals surface area (Å²) in [6.07, 6.45) is 5.41. The van der Waals surface area contributed by atoms with Crippen LogP contribution in [0.1, 0.15) is 44.1 Å². The number of imide groups is 1. The normalized spacial score (nSPS) is 21.8. The maximum absolute atomic E-state index is 12.8. The minimum absolute atomic E-state index is 0.0170. The number of hydrogen-bond acceptors (Lipinski definition) is 2. The van der Waals surface area contributed by atoms with E-state index in [1.165, 1.54) is 11.3 Å². The summed E-state index contributed by atoms with van der Waals surface area (Å²) in [5, 5.41) is 0. The van der Waals surface area contributed by atoms with Crippen molar-refractivity contribution in [1.82, 2.24) is 0 Å². The van der Waals surface area contributed by atoms with Crippen LogP contribution in [0.15, 0.2) is 22.7 Å². The highest BCUT2D eigenvalue weighted by Gasteiger charge is 2.52. The van der Waals surface area contributed by atoms with E-state index in [0.29, 0.717) is 6.42 Å². The molecule has 2 aliphatic rings. The van der Waals surface area contributed by atoms with Crippen LogP contribution >= 0.6 is 15.9 Å². The first-order valence-corrected chi connectivity index (χ1v) is 7.97. The van der Waals surface area contributed by atoms with Gasteiger partial charge in [0.25, 0.3) is 0 Å². The van der Waals surface area contributed by atoms with Crippen LogP contribution in [0, 0.1) is 12.3 Å². The van der Waals surface area contributed by atoms with Crippen molar-refractivity contribution in [1.29, 1.82) is 0 Å². The van der Waals surface area contributed by atoms with Crippen LogP contribution < -0.4 is 4.90 Å². The van der Waals surface area contributed by atoms with Gasteiger partial charge in [0.1, 0.15) is 0 Å². The molecule has 3 nitrogen and oxygen atoms in total. The van der Waals surface area contributed by atoms with E-state index in [4.69, 9.17) is 0 Å². The molecule has 106 valence electrons. The van der Waals surface area contributed by atoms with Crippen molar-refractivity contribution >= 4 is 33.4 Å². The lowest BCUT2D eigenvalue weighted by Gasteiger charge is -2.30. The Morgan fingerprint density at radius 2 is 1.85 bits per heavy atom. The Balaban J connectivity index is 2.00. The summed E-state index contributed by atoms with van der Waals surface area (Å²) in [7, 11) is 0. The van der Waals surface area contributed by atoms with Gasteiger partial charge in [0.15, 0.2) is 0 Å². The van der Waals surface area contributed by atoms with Gasteiger partial charge in [-0.2, -0.15) is 0 Å². The van der Waals surface area contributed by atoms with Crippen LogP contribution in [0.25, 0.3) is 0 Å². The summed E-state index contributed by atoms with van der Waals surface area (Å²) in [4.78, 5) is 26.7. The van der Waals surface area contributed by atoms with E-state index in [1.807, 2.05) is 25.1 Å². The second-order valence-corrected chi connectivity index (χ2v) is 6.79. The molecule has 20 heavy (non-hydrogen) atoms. The third kappa shape index (κ3) is 2.01. The molecule has 0 atom stereocenters. The van der Waals surface area contributed by atoms with Crippen molar-refractivity contribution < 1.29 is 9.59 Å². The van der Waals surface area contributed by atoms with Crippen LogP contribution in [0.4, 0.5) is 5.69 Å². The molecule has 1 aromatic rings. The monoisotopic (exact) mass is 335 g/mol. The minimum atomic E-state index is -0.413. The molecule has 1 aliphatic carbocycles. The first-order chi connectivity index (χ1) is 9.55. The van der Waals surface area contributed by atoms with Crippen molar-refractivity contribution in [2.24, 2.45) is 5.41 Å². The lowest BCUT2D eigenvalue weighted by molar-refractivity contribution is -0.127. The zero-order valence-corrected chi connectivity index (χ0v) is 13.2. The number of carbonyl (C=O) groups excluding carboxylic acids is 2. The third-order valence-electron chi connectivity index (χ3n) is 4.69. The van der Waals surface area contributed by atoms with Crippen LogP contribution in [0.3, 0.4) is 0 Å². The Morgan fingerprint density at radius 1 is 1.15 bits per heavy atom. The summed E-state index contributed by atoms with van der Waals surface area (Å²) in [6, 6.07) is 5.66. The zero-order chi connectivity index (χ0) is 14.3. The SMILES string of the molecule is Cc1c(Br)cccc1N1C(=O)CC2(CCCCC2)C1=O. The van der Waals surface area contributed by atoms with Crippen LogP contribution in [0.2, 0.25) is 0 Å². The molecule has 0 radical (unpaired) electrons. The number of halogens is 1. The molecule has 1 saturated heterocycles. The van der Waals surface area contributed by atoms with Gasteiger partial charge in [-0.3, -0.25) is 9.59 Å². The molecule has 1 spiro atoms. The number of nitrogens with zero attached hydrogens (tertiary/aromatic N) is 1. The smallest absolute Gasteiger partial charge is 0.240 e. The van der Waals surface area contributed by atoms with E-state index >= 15 is 0 Å². The summed E-state index contributed by atoms with van der Waals surface area (Å²) in [5.41, 5.74) is 1.27. The number of benzene rings is 1. The van der Waals surface area contributed by atoms with E-state index in [9.17, 15) is 9.59 Å². The Labute approximate surface area is 127 Å². The molecular formula is C16H18BrNO2. The summed E-state index contributed by atoms with van der Waals surface area (Å²) < 4.78 is 0.931. The summed E-state index contributed by atoms with van der Waals surface area (Å²) >= 11 is 3.47. The summed E-state index contributed by atoms with van der Waals surface area (Å²) in [6.45, 7) is 1.94. The van der Waals surface area contributed by atoms with Crippen molar-refractivity contribution in [2.75, 3.05) is 4.90 Å². The number of hydrogen-bond donors (Lipinski definition) is 0. The maximum Gasteiger partial charge on any atom is 0.240 e. The fraction of sp³-hybridized carbons (Fsp3) is 0.500. The second kappa shape index (κ2) is 4.99. The fourth-order valence-electron chi connectivity index (χ4n) is 3.50. The number of amides is 2. The molecule has 1 saturated carbocycles. The molecule has 1 aromatic carbocycles. The van der Waals surface area contributed by atoms with Gasteiger partial charge in [-0.15, -0.1) is 0 Å². The van der Waals surface area contributed by atoms with Crippen molar-refractivity contribution in [3.05, 3.63) is 28.2 Å². The fourth-order valence-corrected chi connectivity index (χ4v) is 3.85. The number of carbonyl (C=O) groups is 2. The maximum atomic E-state index is 12.8. The van der Waals surface area contributed by atoms with Gasteiger partial charge in [-0.25, -0.2) is 4.90 Å². The molecule has 0 N–H and O–H groups in total. The average Bonchev–Trinajstić information content (AvgIpc) is 2.66. The van der Waals surface area contributed by atoms with Crippen molar-refractivity contribution in [2.45, 2.75) is 45.4 Å². The molecule has 2 amide bonds. The molecule has 3 rings (SSSR count). The molecular weight excluding hydrogens is 318 g/mol. The predicted molar refractivity (Wildman–Crippen MR) is 81.5 cm³/mol. The Morgan fingerprint density at radius 3 is 2.55 bits per heavy atom.